The Labute approximate surface area is 104 Å². The number of nitrogens with zero attached hydrogens (tertiary/aromatic N) is 3. The van der Waals surface area contributed by atoms with Gasteiger partial charge in [-0.2, -0.15) is 13.5 Å². The van der Waals surface area contributed by atoms with Crippen LogP contribution in [0.1, 0.15) is 31.5 Å². The molecule has 2 heterocycles. The van der Waals surface area contributed by atoms with E-state index in [0.29, 0.717) is 16.5 Å². The smallest absolute Gasteiger partial charge is 0.274 e. The van der Waals surface area contributed by atoms with E-state index in [4.69, 9.17) is 10.7 Å². The second-order valence-electron chi connectivity index (χ2n) is 3.83. The molecule has 0 aromatic carbocycles. The van der Waals surface area contributed by atoms with Crippen molar-refractivity contribution in [3.05, 3.63) is 18.0 Å². The molecule has 0 spiro atoms. The second-order valence-corrected chi connectivity index (χ2v) is 6.22. The standard InChI is InChI=1S/C9H12ClN3O3S/c1-2-5-12-7(3-4-11-12)8-6-9(14)13(8)17(10,15)16/h3-4,8H,2,5-6H2,1H3. The number of hydrogen-bond donors (Lipinski definition) is 0. The van der Waals surface area contributed by atoms with Crippen LogP contribution in [0.15, 0.2) is 12.3 Å². The van der Waals surface area contributed by atoms with Crippen LogP contribution < -0.4 is 0 Å². The first-order chi connectivity index (χ1) is 7.95. The lowest BCUT2D eigenvalue weighted by molar-refractivity contribution is -0.137. The van der Waals surface area contributed by atoms with E-state index in [1.165, 1.54) is 0 Å². The Morgan fingerprint density at radius 1 is 1.59 bits per heavy atom. The molecule has 1 aliphatic heterocycles. The maximum atomic E-state index is 11.3. The van der Waals surface area contributed by atoms with Gasteiger partial charge in [-0.25, -0.2) is 4.31 Å². The first-order valence-corrected chi connectivity index (χ1v) is 7.50. The molecule has 1 saturated heterocycles. The van der Waals surface area contributed by atoms with E-state index in [-0.39, 0.29) is 6.42 Å². The van der Waals surface area contributed by atoms with Crippen LogP contribution in [-0.2, 0) is 20.6 Å². The molecular formula is C9H12ClN3O3S. The molecule has 0 radical (unpaired) electrons. The van der Waals surface area contributed by atoms with Gasteiger partial charge in [0, 0.05) is 23.4 Å². The third-order valence-corrected chi connectivity index (χ3v) is 4.03. The quantitative estimate of drug-likeness (QED) is 0.609. The van der Waals surface area contributed by atoms with Gasteiger partial charge < -0.3 is 0 Å². The van der Waals surface area contributed by atoms with Crippen molar-refractivity contribution in [1.29, 1.82) is 0 Å². The van der Waals surface area contributed by atoms with Gasteiger partial charge in [-0.3, -0.25) is 9.48 Å². The summed E-state index contributed by atoms with van der Waals surface area (Å²) < 4.78 is 24.9. The van der Waals surface area contributed by atoms with Gasteiger partial charge in [0.05, 0.1) is 18.2 Å². The van der Waals surface area contributed by atoms with Crippen molar-refractivity contribution in [1.82, 2.24) is 14.1 Å². The number of aryl methyl sites for hydroxylation is 1. The summed E-state index contributed by atoms with van der Waals surface area (Å²) >= 11 is 0. The summed E-state index contributed by atoms with van der Waals surface area (Å²) in [5, 5.41) is 4.09. The highest BCUT2D eigenvalue weighted by molar-refractivity contribution is 8.12. The largest absolute Gasteiger partial charge is 0.324 e. The Bertz CT molecular complexity index is 539. The summed E-state index contributed by atoms with van der Waals surface area (Å²) in [6.45, 7) is 2.68. The SMILES string of the molecule is CCCn1nccc1C1CC(=O)N1S(=O)(=O)Cl. The Hall–Kier alpha value is -1.08. The molecule has 0 N–H and O–H groups in total. The van der Waals surface area contributed by atoms with Gasteiger partial charge in [-0.1, -0.05) is 6.92 Å². The topological polar surface area (TPSA) is 72.3 Å². The van der Waals surface area contributed by atoms with Crippen LogP contribution in [-0.4, -0.2) is 28.4 Å². The van der Waals surface area contributed by atoms with Gasteiger partial charge in [0.15, 0.2) is 0 Å². The molecular weight excluding hydrogens is 266 g/mol. The number of carbonyl (C=O) groups is 1. The molecule has 1 unspecified atom stereocenters. The molecule has 8 heteroatoms. The zero-order valence-corrected chi connectivity index (χ0v) is 10.8. The summed E-state index contributed by atoms with van der Waals surface area (Å²) in [6, 6.07) is 1.20. The van der Waals surface area contributed by atoms with Crippen LogP contribution in [0.25, 0.3) is 0 Å². The van der Waals surface area contributed by atoms with E-state index >= 15 is 0 Å². The van der Waals surface area contributed by atoms with Crippen molar-refractivity contribution in [2.45, 2.75) is 32.4 Å². The van der Waals surface area contributed by atoms with E-state index in [9.17, 15) is 13.2 Å². The Balaban J connectivity index is 2.29. The van der Waals surface area contributed by atoms with E-state index in [2.05, 4.69) is 5.10 Å². The van der Waals surface area contributed by atoms with Gasteiger partial charge in [-0.15, -0.1) is 0 Å². The van der Waals surface area contributed by atoms with E-state index < -0.39 is 21.2 Å². The summed E-state index contributed by atoms with van der Waals surface area (Å²) in [5.74, 6) is -0.478. The number of carbonyl (C=O) groups excluding carboxylic acids is 1. The molecule has 2 rings (SSSR count). The van der Waals surface area contributed by atoms with E-state index in [0.717, 1.165) is 6.42 Å². The monoisotopic (exact) mass is 277 g/mol. The first kappa shape index (κ1) is 12.4. The fourth-order valence-corrected chi connectivity index (χ4v) is 3.25. The summed E-state index contributed by atoms with van der Waals surface area (Å²) in [5.41, 5.74) is 0.704. The molecule has 1 aromatic heterocycles. The van der Waals surface area contributed by atoms with Crippen molar-refractivity contribution < 1.29 is 13.2 Å². The van der Waals surface area contributed by atoms with Crippen molar-refractivity contribution in [2.24, 2.45) is 0 Å². The normalized spacial score (nSPS) is 20.5. The fourth-order valence-electron chi connectivity index (χ4n) is 1.92. The highest BCUT2D eigenvalue weighted by Crippen LogP contribution is 2.37. The minimum atomic E-state index is -4.01. The Morgan fingerprint density at radius 3 is 2.82 bits per heavy atom. The zero-order chi connectivity index (χ0) is 12.6. The second kappa shape index (κ2) is 4.30. The molecule has 1 aromatic rings. The van der Waals surface area contributed by atoms with Crippen molar-refractivity contribution >= 4 is 25.8 Å². The lowest BCUT2D eigenvalue weighted by Crippen LogP contribution is -2.48. The molecule has 1 amide bonds. The van der Waals surface area contributed by atoms with Gasteiger partial charge >= 0.3 is 9.24 Å². The maximum absolute atomic E-state index is 11.3. The van der Waals surface area contributed by atoms with E-state index in [1.54, 1.807) is 16.9 Å². The van der Waals surface area contributed by atoms with Crippen molar-refractivity contribution in [3.63, 3.8) is 0 Å². The third kappa shape index (κ3) is 2.16. The maximum Gasteiger partial charge on any atom is 0.324 e. The summed E-state index contributed by atoms with van der Waals surface area (Å²) in [6.07, 6.45) is 2.62. The van der Waals surface area contributed by atoms with Crippen LogP contribution in [0, 0.1) is 0 Å². The number of amides is 1. The molecule has 1 aliphatic rings. The average Bonchev–Trinajstić information content (AvgIpc) is 2.59. The van der Waals surface area contributed by atoms with Gasteiger partial charge in [0.25, 0.3) is 0 Å². The van der Waals surface area contributed by atoms with Gasteiger partial charge in [-0.05, 0) is 12.5 Å². The fraction of sp³-hybridized carbons (Fsp3) is 0.556. The zero-order valence-electron chi connectivity index (χ0n) is 9.21. The van der Waals surface area contributed by atoms with E-state index in [1.807, 2.05) is 6.92 Å². The average molecular weight is 278 g/mol. The molecule has 17 heavy (non-hydrogen) atoms. The molecule has 0 aliphatic carbocycles. The highest BCUT2D eigenvalue weighted by Gasteiger charge is 2.45. The predicted molar refractivity (Wildman–Crippen MR) is 61.5 cm³/mol. The van der Waals surface area contributed by atoms with Crippen LogP contribution in [0.3, 0.4) is 0 Å². The molecule has 1 atom stereocenters. The van der Waals surface area contributed by atoms with Crippen LogP contribution in [0.4, 0.5) is 0 Å². The Kier molecular flexibility index (Phi) is 3.13. The molecule has 0 bridgehead atoms. The number of halogens is 1. The Morgan fingerprint density at radius 2 is 2.29 bits per heavy atom. The summed E-state index contributed by atoms with van der Waals surface area (Å²) in [7, 11) is 1.21. The molecule has 6 nitrogen and oxygen atoms in total. The number of aromatic nitrogens is 2. The number of hydrogen-bond acceptors (Lipinski definition) is 4. The minimum absolute atomic E-state index is 0.154. The van der Waals surface area contributed by atoms with Crippen molar-refractivity contribution in [3.8, 4) is 0 Å². The highest BCUT2D eigenvalue weighted by atomic mass is 35.7. The molecule has 94 valence electrons. The number of β-lactam (4-membered cyclic amide) rings is 1. The molecule has 1 fully saturated rings. The van der Waals surface area contributed by atoms with Crippen LogP contribution in [0.2, 0.25) is 0 Å². The third-order valence-electron chi connectivity index (χ3n) is 2.66. The minimum Gasteiger partial charge on any atom is -0.274 e. The lowest BCUT2D eigenvalue weighted by Gasteiger charge is -2.37. The summed E-state index contributed by atoms with van der Waals surface area (Å²) in [4.78, 5) is 11.3. The van der Waals surface area contributed by atoms with Crippen LogP contribution in [0.5, 0.6) is 0 Å². The number of rotatable bonds is 4. The first-order valence-electron chi connectivity index (χ1n) is 5.23. The lowest BCUT2D eigenvalue weighted by atomic mass is 10.0. The van der Waals surface area contributed by atoms with Crippen LogP contribution >= 0.6 is 10.7 Å². The van der Waals surface area contributed by atoms with Gasteiger partial charge in [0.2, 0.25) is 5.91 Å². The van der Waals surface area contributed by atoms with Gasteiger partial charge in [0.1, 0.15) is 0 Å². The predicted octanol–water partition coefficient (Wildman–Crippen LogP) is 1.05. The molecule has 0 saturated carbocycles. The van der Waals surface area contributed by atoms with Crippen molar-refractivity contribution in [2.75, 3.05) is 0 Å².